The summed E-state index contributed by atoms with van der Waals surface area (Å²) in [6.07, 6.45) is 2.17. The highest BCUT2D eigenvalue weighted by Crippen LogP contribution is 2.11. The van der Waals surface area contributed by atoms with Gasteiger partial charge in [-0.1, -0.05) is 6.92 Å². The first-order valence-electron chi connectivity index (χ1n) is 5.73. The number of hydrogen-bond donors (Lipinski definition) is 2. The molecule has 0 saturated heterocycles. The van der Waals surface area contributed by atoms with Gasteiger partial charge in [0.05, 0.1) is 12.1 Å². The Kier molecular flexibility index (Phi) is 5.10. The molecule has 1 rings (SSSR count). The van der Waals surface area contributed by atoms with E-state index in [1.807, 2.05) is 11.8 Å². The van der Waals surface area contributed by atoms with Crippen LogP contribution in [-0.4, -0.2) is 42.1 Å². The standard InChI is InChI=1S/C12H17N3O3/c1-3-6-15(8-11(16)13-2)10-5-4-9(7-14-10)12(17)18/h4-5,7H,3,6,8H2,1-2H3,(H,13,16)(H,17,18). The van der Waals surface area contributed by atoms with E-state index < -0.39 is 5.97 Å². The number of nitrogens with one attached hydrogen (secondary N) is 1. The van der Waals surface area contributed by atoms with Crippen LogP contribution in [0.25, 0.3) is 0 Å². The van der Waals surface area contributed by atoms with E-state index in [0.717, 1.165) is 6.42 Å². The molecule has 6 nitrogen and oxygen atoms in total. The number of hydrogen-bond acceptors (Lipinski definition) is 4. The Labute approximate surface area is 106 Å². The largest absolute Gasteiger partial charge is 0.478 e. The van der Waals surface area contributed by atoms with Crippen LogP contribution in [0.5, 0.6) is 0 Å². The molecular weight excluding hydrogens is 234 g/mol. The highest BCUT2D eigenvalue weighted by molar-refractivity contribution is 5.87. The first kappa shape index (κ1) is 14.0. The monoisotopic (exact) mass is 251 g/mol. The van der Waals surface area contributed by atoms with Crippen LogP contribution in [0.15, 0.2) is 18.3 Å². The maximum absolute atomic E-state index is 11.4. The number of amides is 1. The van der Waals surface area contributed by atoms with Gasteiger partial charge in [0.1, 0.15) is 5.82 Å². The van der Waals surface area contributed by atoms with Crippen molar-refractivity contribution in [2.45, 2.75) is 13.3 Å². The highest BCUT2D eigenvalue weighted by atomic mass is 16.4. The first-order chi connectivity index (χ1) is 8.58. The summed E-state index contributed by atoms with van der Waals surface area (Å²) in [5, 5.41) is 11.3. The van der Waals surface area contributed by atoms with Gasteiger partial charge >= 0.3 is 5.97 Å². The molecule has 0 radical (unpaired) electrons. The Morgan fingerprint density at radius 3 is 2.61 bits per heavy atom. The molecule has 0 bridgehead atoms. The second-order valence-electron chi connectivity index (χ2n) is 3.80. The van der Waals surface area contributed by atoms with Crippen LogP contribution in [0.1, 0.15) is 23.7 Å². The van der Waals surface area contributed by atoms with E-state index in [4.69, 9.17) is 5.11 Å². The predicted octanol–water partition coefficient (Wildman–Crippen LogP) is 0.742. The minimum Gasteiger partial charge on any atom is -0.478 e. The number of likely N-dealkylation sites (N-methyl/N-ethyl adjacent to an activating group) is 1. The van der Waals surface area contributed by atoms with Crippen molar-refractivity contribution in [3.8, 4) is 0 Å². The summed E-state index contributed by atoms with van der Waals surface area (Å²) in [7, 11) is 1.58. The molecule has 0 atom stereocenters. The zero-order valence-electron chi connectivity index (χ0n) is 10.5. The third kappa shape index (κ3) is 3.73. The summed E-state index contributed by atoms with van der Waals surface area (Å²) in [6, 6.07) is 3.10. The lowest BCUT2D eigenvalue weighted by atomic mass is 10.2. The van der Waals surface area contributed by atoms with Gasteiger partial charge in [-0.25, -0.2) is 9.78 Å². The summed E-state index contributed by atoms with van der Waals surface area (Å²) >= 11 is 0. The number of carbonyl (C=O) groups excluding carboxylic acids is 1. The average Bonchev–Trinajstić information content (AvgIpc) is 2.38. The van der Waals surface area contributed by atoms with Crippen LogP contribution < -0.4 is 10.2 Å². The SMILES string of the molecule is CCCN(CC(=O)NC)c1ccc(C(=O)O)cn1. The number of carbonyl (C=O) groups is 2. The van der Waals surface area contributed by atoms with Crippen LogP contribution in [-0.2, 0) is 4.79 Å². The fourth-order valence-electron chi connectivity index (χ4n) is 1.50. The molecule has 1 aromatic rings. The molecular formula is C12H17N3O3. The van der Waals surface area contributed by atoms with Crippen molar-refractivity contribution in [2.75, 3.05) is 25.0 Å². The van der Waals surface area contributed by atoms with E-state index >= 15 is 0 Å². The van der Waals surface area contributed by atoms with Crippen LogP contribution in [0.4, 0.5) is 5.82 Å². The molecule has 0 aliphatic rings. The van der Waals surface area contributed by atoms with Crippen molar-refractivity contribution < 1.29 is 14.7 Å². The molecule has 2 N–H and O–H groups in total. The van der Waals surface area contributed by atoms with Crippen LogP contribution in [0.3, 0.4) is 0 Å². The van der Waals surface area contributed by atoms with E-state index in [2.05, 4.69) is 10.3 Å². The minimum atomic E-state index is -1.01. The second kappa shape index (κ2) is 6.58. The maximum atomic E-state index is 11.4. The van der Waals surface area contributed by atoms with Gasteiger partial charge < -0.3 is 15.3 Å². The summed E-state index contributed by atoms with van der Waals surface area (Å²) in [4.78, 5) is 28.0. The van der Waals surface area contributed by atoms with E-state index in [1.54, 1.807) is 13.1 Å². The molecule has 0 aliphatic carbocycles. The molecule has 1 amide bonds. The Bertz CT molecular complexity index is 417. The van der Waals surface area contributed by atoms with Crippen molar-refractivity contribution in [1.82, 2.24) is 10.3 Å². The lowest BCUT2D eigenvalue weighted by Gasteiger charge is -2.22. The van der Waals surface area contributed by atoms with Gasteiger partial charge in [-0.2, -0.15) is 0 Å². The van der Waals surface area contributed by atoms with Crippen molar-refractivity contribution in [3.63, 3.8) is 0 Å². The van der Waals surface area contributed by atoms with Crippen molar-refractivity contribution in [1.29, 1.82) is 0 Å². The number of aromatic carboxylic acids is 1. The molecule has 0 fully saturated rings. The summed E-state index contributed by atoms with van der Waals surface area (Å²) in [5.74, 6) is -0.514. The molecule has 0 aromatic carbocycles. The molecule has 98 valence electrons. The average molecular weight is 251 g/mol. The van der Waals surface area contributed by atoms with E-state index in [9.17, 15) is 9.59 Å². The van der Waals surface area contributed by atoms with E-state index in [1.165, 1.54) is 12.3 Å². The second-order valence-corrected chi connectivity index (χ2v) is 3.80. The smallest absolute Gasteiger partial charge is 0.337 e. The van der Waals surface area contributed by atoms with Gasteiger partial charge in [-0.15, -0.1) is 0 Å². The highest BCUT2D eigenvalue weighted by Gasteiger charge is 2.12. The summed E-state index contributed by atoms with van der Waals surface area (Å²) < 4.78 is 0. The van der Waals surface area contributed by atoms with E-state index in [0.29, 0.717) is 12.4 Å². The molecule has 0 aliphatic heterocycles. The third-order valence-electron chi connectivity index (χ3n) is 2.43. The van der Waals surface area contributed by atoms with Gasteiger partial charge in [0, 0.05) is 19.8 Å². The van der Waals surface area contributed by atoms with Gasteiger partial charge in [0.25, 0.3) is 0 Å². The fourth-order valence-corrected chi connectivity index (χ4v) is 1.50. The fraction of sp³-hybridized carbons (Fsp3) is 0.417. The van der Waals surface area contributed by atoms with Crippen LogP contribution in [0.2, 0.25) is 0 Å². The molecule has 0 unspecified atom stereocenters. The van der Waals surface area contributed by atoms with Crippen molar-refractivity contribution >= 4 is 17.7 Å². The summed E-state index contributed by atoms with van der Waals surface area (Å²) in [6.45, 7) is 2.90. The molecule has 0 saturated carbocycles. The van der Waals surface area contributed by atoms with Gasteiger partial charge in [0.15, 0.2) is 0 Å². The zero-order chi connectivity index (χ0) is 13.5. The number of nitrogens with zero attached hydrogens (tertiary/aromatic N) is 2. The zero-order valence-corrected chi connectivity index (χ0v) is 10.5. The Morgan fingerprint density at radius 2 is 2.17 bits per heavy atom. The number of rotatable bonds is 6. The van der Waals surface area contributed by atoms with Crippen LogP contribution >= 0.6 is 0 Å². The third-order valence-corrected chi connectivity index (χ3v) is 2.43. The quantitative estimate of drug-likeness (QED) is 0.779. The van der Waals surface area contributed by atoms with Crippen molar-refractivity contribution in [2.24, 2.45) is 0 Å². The maximum Gasteiger partial charge on any atom is 0.337 e. The first-order valence-corrected chi connectivity index (χ1v) is 5.73. The number of carboxylic acid groups (broad SMARTS) is 1. The number of aromatic nitrogens is 1. The minimum absolute atomic E-state index is 0.104. The molecule has 1 heterocycles. The lowest BCUT2D eigenvalue weighted by Crippen LogP contribution is -2.36. The summed E-state index contributed by atoms with van der Waals surface area (Å²) in [5.41, 5.74) is 0.134. The molecule has 0 spiro atoms. The Balaban J connectivity index is 2.84. The number of carboxylic acids is 1. The molecule has 6 heteroatoms. The molecule has 18 heavy (non-hydrogen) atoms. The Hall–Kier alpha value is -2.11. The van der Waals surface area contributed by atoms with Crippen molar-refractivity contribution in [3.05, 3.63) is 23.9 Å². The van der Waals surface area contributed by atoms with Gasteiger partial charge in [-0.3, -0.25) is 4.79 Å². The topological polar surface area (TPSA) is 82.5 Å². The number of pyridine rings is 1. The normalized spacial score (nSPS) is 9.89. The predicted molar refractivity (Wildman–Crippen MR) is 67.8 cm³/mol. The van der Waals surface area contributed by atoms with Crippen LogP contribution in [0, 0.1) is 0 Å². The lowest BCUT2D eigenvalue weighted by molar-refractivity contribution is -0.119. The van der Waals surface area contributed by atoms with Gasteiger partial charge in [-0.05, 0) is 18.6 Å². The van der Waals surface area contributed by atoms with E-state index in [-0.39, 0.29) is 18.0 Å². The Morgan fingerprint density at radius 1 is 1.44 bits per heavy atom. The number of anilines is 1. The molecule has 1 aromatic heterocycles. The van der Waals surface area contributed by atoms with Gasteiger partial charge in [0.2, 0.25) is 5.91 Å².